The summed E-state index contributed by atoms with van der Waals surface area (Å²) in [6.07, 6.45) is 0.917. The fourth-order valence-electron chi connectivity index (χ4n) is 2.53. The van der Waals surface area contributed by atoms with Crippen LogP contribution in [0.5, 0.6) is 0 Å². The van der Waals surface area contributed by atoms with Crippen LogP contribution in [0.25, 0.3) is 0 Å². The molecule has 1 aliphatic rings. The number of rotatable bonds is 4. The fourth-order valence-corrected chi connectivity index (χ4v) is 2.65. The average molecular weight is 307 g/mol. The SMILES string of the molecule is NC(=S)c1cccc(C(=O)N2CCCN(CCO)CC2)c1. The van der Waals surface area contributed by atoms with E-state index in [4.69, 9.17) is 23.1 Å². The third-order valence-corrected chi connectivity index (χ3v) is 3.92. The number of aliphatic hydroxyl groups excluding tert-OH is 1. The first kappa shape index (κ1) is 15.9. The highest BCUT2D eigenvalue weighted by molar-refractivity contribution is 7.80. The number of nitrogens with zero attached hydrogens (tertiary/aromatic N) is 2. The van der Waals surface area contributed by atoms with Crippen LogP contribution >= 0.6 is 12.2 Å². The molecule has 1 aliphatic heterocycles. The number of thiocarbonyl (C=S) groups is 1. The topological polar surface area (TPSA) is 69.8 Å². The number of benzene rings is 1. The summed E-state index contributed by atoms with van der Waals surface area (Å²) in [6, 6.07) is 7.16. The molecule has 0 bridgehead atoms. The van der Waals surface area contributed by atoms with Crippen molar-refractivity contribution in [2.45, 2.75) is 6.42 Å². The lowest BCUT2D eigenvalue weighted by molar-refractivity contribution is 0.0760. The van der Waals surface area contributed by atoms with Crippen LogP contribution in [0.2, 0.25) is 0 Å². The number of hydrogen-bond donors (Lipinski definition) is 2. The molecule has 0 aromatic heterocycles. The Balaban J connectivity index is 2.06. The van der Waals surface area contributed by atoms with Crippen LogP contribution in [-0.4, -0.2) is 65.1 Å². The third kappa shape index (κ3) is 4.23. The van der Waals surface area contributed by atoms with Gasteiger partial charge in [0.1, 0.15) is 4.99 Å². The van der Waals surface area contributed by atoms with E-state index in [2.05, 4.69) is 4.90 Å². The van der Waals surface area contributed by atoms with Gasteiger partial charge in [0.15, 0.2) is 0 Å². The average Bonchev–Trinajstić information content (AvgIpc) is 2.73. The van der Waals surface area contributed by atoms with E-state index in [1.165, 1.54) is 0 Å². The van der Waals surface area contributed by atoms with Gasteiger partial charge in [0, 0.05) is 37.3 Å². The summed E-state index contributed by atoms with van der Waals surface area (Å²) in [5.41, 5.74) is 6.95. The van der Waals surface area contributed by atoms with Crippen molar-refractivity contribution in [1.29, 1.82) is 0 Å². The monoisotopic (exact) mass is 307 g/mol. The second kappa shape index (κ2) is 7.49. The predicted molar refractivity (Wildman–Crippen MR) is 86.4 cm³/mol. The summed E-state index contributed by atoms with van der Waals surface area (Å²) >= 11 is 4.95. The van der Waals surface area contributed by atoms with Crippen LogP contribution in [0, 0.1) is 0 Å². The lowest BCUT2D eigenvalue weighted by Crippen LogP contribution is -2.36. The maximum absolute atomic E-state index is 12.6. The van der Waals surface area contributed by atoms with E-state index in [1.54, 1.807) is 18.2 Å². The minimum atomic E-state index is 0.0129. The zero-order valence-corrected chi connectivity index (χ0v) is 12.8. The number of nitrogens with two attached hydrogens (primary N) is 1. The molecule has 3 N–H and O–H groups in total. The molecule has 0 atom stereocenters. The Kier molecular flexibility index (Phi) is 5.67. The van der Waals surface area contributed by atoms with Crippen molar-refractivity contribution in [2.24, 2.45) is 5.73 Å². The van der Waals surface area contributed by atoms with Crippen LogP contribution in [0.4, 0.5) is 0 Å². The molecule has 114 valence electrons. The molecule has 0 radical (unpaired) electrons. The minimum absolute atomic E-state index is 0.0129. The molecule has 1 aromatic rings. The Morgan fingerprint density at radius 2 is 2.00 bits per heavy atom. The fraction of sp³-hybridized carbons (Fsp3) is 0.467. The van der Waals surface area contributed by atoms with E-state index in [1.807, 2.05) is 11.0 Å². The van der Waals surface area contributed by atoms with E-state index in [9.17, 15) is 4.79 Å². The zero-order chi connectivity index (χ0) is 15.2. The highest BCUT2D eigenvalue weighted by atomic mass is 32.1. The largest absolute Gasteiger partial charge is 0.395 e. The first-order valence-corrected chi connectivity index (χ1v) is 7.55. The summed E-state index contributed by atoms with van der Waals surface area (Å²) in [6.45, 7) is 3.94. The molecule has 1 saturated heterocycles. The van der Waals surface area contributed by atoms with Crippen molar-refractivity contribution in [2.75, 3.05) is 39.3 Å². The summed E-state index contributed by atoms with van der Waals surface area (Å²) in [5, 5.41) is 9.00. The van der Waals surface area contributed by atoms with Crippen LogP contribution in [0.15, 0.2) is 24.3 Å². The van der Waals surface area contributed by atoms with Crippen molar-refractivity contribution in [1.82, 2.24) is 9.80 Å². The van der Waals surface area contributed by atoms with Gasteiger partial charge in [-0.05, 0) is 25.1 Å². The van der Waals surface area contributed by atoms with Gasteiger partial charge in [-0.3, -0.25) is 9.69 Å². The van der Waals surface area contributed by atoms with Crippen molar-refractivity contribution < 1.29 is 9.90 Å². The molecule has 1 fully saturated rings. The number of carbonyl (C=O) groups excluding carboxylic acids is 1. The van der Waals surface area contributed by atoms with Crippen molar-refractivity contribution >= 4 is 23.1 Å². The van der Waals surface area contributed by atoms with Gasteiger partial charge in [-0.1, -0.05) is 24.4 Å². The number of carbonyl (C=O) groups is 1. The number of β-amino-alcohol motifs (C(OH)–C–C–N with tert-alkyl or cyclic N) is 1. The molecule has 5 nitrogen and oxygen atoms in total. The van der Waals surface area contributed by atoms with Crippen LogP contribution in [0.3, 0.4) is 0 Å². The van der Waals surface area contributed by atoms with E-state index in [0.29, 0.717) is 29.2 Å². The molecule has 2 rings (SSSR count). The Hall–Kier alpha value is -1.50. The molecule has 1 aromatic carbocycles. The molecular formula is C15H21N3O2S. The van der Waals surface area contributed by atoms with Crippen LogP contribution in [-0.2, 0) is 0 Å². The standard InChI is InChI=1S/C15H21N3O2S/c16-14(21)12-3-1-4-13(11-12)15(20)18-6-2-5-17(7-8-18)9-10-19/h1,3-4,11,19H,2,5-10H2,(H2,16,21). The maximum Gasteiger partial charge on any atom is 0.253 e. The van der Waals surface area contributed by atoms with Gasteiger partial charge in [0.2, 0.25) is 0 Å². The molecule has 0 saturated carbocycles. The van der Waals surface area contributed by atoms with E-state index in [0.717, 1.165) is 26.1 Å². The van der Waals surface area contributed by atoms with Gasteiger partial charge in [-0.15, -0.1) is 0 Å². The zero-order valence-electron chi connectivity index (χ0n) is 12.0. The number of aliphatic hydroxyl groups is 1. The predicted octanol–water partition coefficient (Wildman–Crippen LogP) is 0.461. The third-order valence-electron chi connectivity index (χ3n) is 3.69. The maximum atomic E-state index is 12.6. The summed E-state index contributed by atoms with van der Waals surface area (Å²) in [4.78, 5) is 16.9. The summed E-state index contributed by atoms with van der Waals surface area (Å²) < 4.78 is 0. The first-order valence-electron chi connectivity index (χ1n) is 7.14. The molecule has 1 amide bonds. The highest BCUT2D eigenvalue weighted by Crippen LogP contribution is 2.11. The van der Waals surface area contributed by atoms with E-state index >= 15 is 0 Å². The molecule has 0 aliphatic carbocycles. The smallest absolute Gasteiger partial charge is 0.253 e. The second-order valence-corrected chi connectivity index (χ2v) is 5.60. The van der Waals surface area contributed by atoms with Gasteiger partial charge < -0.3 is 15.7 Å². The first-order chi connectivity index (χ1) is 10.1. The van der Waals surface area contributed by atoms with Crippen molar-refractivity contribution in [3.8, 4) is 0 Å². The van der Waals surface area contributed by atoms with Gasteiger partial charge in [-0.2, -0.15) is 0 Å². The van der Waals surface area contributed by atoms with Crippen molar-refractivity contribution in [3.63, 3.8) is 0 Å². The van der Waals surface area contributed by atoms with Gasteiger partial charge >= 0.3 is 0 Å². The van der Waals surface area contributed by atoms with Gasteiger partial charge in [0.05, 0.1) is 6.61 Å². The molecule has 1 heterocycles. The Bertz CT molecular complexity index is 521. The molecule has 0 spiro atoms. The summed E-state index contributed by atoms with van der Waals surface area (Å²) in [5.74, 6) is 0.0129. The van der Waals surface area contributed by atoms with E-state index < -0.39 is 0 Å². The van der Waals surface area contributed by atoms with Gasteiger partial charge in [-0.25, -0.2) is 0 Å². The van der Waals surface area contributed by atoms with Crippen molar-refractivity contribution in [3.05, 3.63) is 35.4 Å². The van der Waals surface area contributed by atoms with E-state index in [-0.39, 0.29) is 12.5 Å². The molecule has 6 heteroatoms. The number of hydrogen-bond acceptors (Lipinski definition) is 4. The summed E-state index contributed by atoms with van der Waals surface area (Å²) in [7, 11) is 0. The molecule has 21 heavy (non-hydrogen) atoms. The lowest BCUT2D eigenvalue weighted by atomic mass is 10.1. The van der Waals surface area contributed by atoms with Crippen LogP contribution < -0.4 is 5.73 Å². The Morgan fingerprint density at radius 1 is 1.24 bits per heavy atom. The Labute approximate surface area is 130 Å². The second-order valence-electron chi connectivity index (χ2n) is 5.16. The molecule has 0 unspecified atom stereocenters. The minimum Gasteiger partial charge on any atom is -0.395 e. The Morgan fingerprint density at radius 3 is 2.71 bits per heavy atom. The number of amides is 1. The van der Waals surface area contributed by atoms with Gasteiger partial charge in [0.25, 0.3) is 5.91 Å². The quantitative estimate of drug-likeness (QED) is 0.791. The highest BCUT2D eigenvalue weighted by Gasteiger charge is 2.20. The lowest BCUT2D eigenvalue weighted by Gasteiger charge is -2.21. The normalized spacial score (nSPS) is 16.5. The molecular weight excluding hydrogens is 286 g/mol. The van der Waals surface area contributed by atoms with Crippen LogP contribution in [0.1, 0.15) is 22.3 Å².